The summed E-state index contributed by atoms with van der Waals surface area (Å²) in [5.41, 5.74) is 0.800. The van der Waals surface area contributed by atoms with Crippen molar-refractivity contribution in [2.24, 2.45) is 0 Å². The summed E-state index contributed by atoms with van der Waals surface area (Å²) in [6.07, 6.45) is 2.08. The number of halogens is 2. The SMILES string of the molecule is O=C(Nc1ccc(F)cc1)NC1CCN(c2ncnc3c(F)cccc23)C1. The number of benzene rings is 2. The number of aromatic nitrogens is 2. The maximum Gasteiger partial charge on any atom is 0.319 e. The number of nitrogens with one attached hydrogen (secondary N) is 2. The van der Waals surface area contributed by atoms with Crippen molar-refractivity contribution in [3.63, 3.8) is 0 Å². The Kier molecular flexibility index (Phi) is 4.53. The van der Waals surface area contributed by atoms with Crippen LogP contribution in [0.25, 0.3) is 10.9 Å². The second kappa shape index (κ2) is 7.14. The minimum absolute atomic E-state index is 0.0796. The molecule has 0 bridgehead atoms. The molecule has 3 aromatic rings. The van der Waals surface area contributed by atoms with Gasteiger partial charge < -0.3 is 15.5 Å². The maximum atomic E-state index is 13.9. The highest BCUT2D eigenvalue weighted by Crippen LogP contribution is 2.27. The Balaban J connectivity index is 1.42. The van der Waals surface area contributed by atoms with Crippen LogP contribution < -0.4 is 15.5 Å². The monoisotopic (exact) mass is 369 g/mol. The van der Waals surface area contributed by atoms with E-state index in [1.54, 1.807) is 12.1 Å². The second-order valence-electron chi connectivity index (χ2n) is 6.37. The fourth-order valence-electron chi connectivity index (χ4n) is 3.25. The number of carbonyl (C=O) groups excluding carboxylic acids is 1. The number of hydrogen-bond acceptors (Lipinski definition) is 4. The lowest BCUT2D eigenvalue weighted by Crippen LogP contribution is -2.39. The Morgan fingerprint density at radius 3 is 2.74 bits per heavy atom. The van der Waals surface area contributed by atoms with E-state index in [0.29, 0.717) is 30.0 Å². The molecule has 1 aliphatic heterocycles. The van der Waals surface area contributed by atoms with Gasteiger partial charge in [-0.15, -0.1) is 0 Å². The first kappa shape index (κ1) is 17.1. The molecule has 1 aromatic heterocycles. The Bertz CT molecular complexity index is 980. The molecule has 2 heterocycles. The minimum atomic E-state index is -0.385. The topological polar surface area (TPSA) is 70.2 Å². The molecule has 1 atom stereocenters. The maximum absolute atomic E-state index is 13.9. The van der Waals surface area contributed by atoms with E-state index in [-0.39, 0.29) is 29.2 Å². The largest absolute Gasteiger partial charge is 0.354 e. The van der Waals surface area contributed by atoms with Crippen molar-refractivity contribution >= 4 is 28.4 Å². The van der Waals surface area contributed by atoms with Crippen LogP contribution in [0.2, 0.25) is 0 Å². The highest BCUT2D eigenvalue weighted by Gasteiger charge is 2.26. The van der Waals surface area contributed by atoms with Crippen LogP contribution >= 0.6 is 0 Å². The predicted octanol–water partition coefficient (Wildman–Crippen LogP) is 3.31. The van der Waals surface area contributed by atoms with Gasteiger partial charge >= 0.3 is 6.03 Å². The van der Waals surface area contributed by atoms with Crippen molar-refractivity contribution in [2.75, 3.05) is 23.3 Å². The van der Waals surface area contributed by atoms with E-state index in [2.05, 4.69) is 20.6 Å². The van der Waals surface area contributed by atoms with Gasteiger partial charge in [-0.1, -0.05) is 6.07 Å². The summed E-state index contributed by atoms with van der Waals surface area (Å²) >= 11 is 0. The highest BCUT2D eigenvalue weighted by molar-refractivity contribution is 5.91. The van der Waals surface area contributed by atoms with Gasteiger partial charge in [0.05, 0.1) is 0 Å². The molecule has 0 aliphatic carbocycles. The van der Waals surface area contributed by atoms with Gasteiger partial charge in [-0.05, 0) is 42.8 Å². The fourth-order valence-corrected chi connectivity index (χ4v) is 3.25. The van der Waals surface area contributed by atoms with Crippen LogP contribution in [0.4, 0.5) is 25.1 Å². The van der Waals surface area contributed by atoms with E-state index in [9.17, 15) is 13.6 Å². The summed E-state index contributed by atoms with van der Waals surface area (Å²) < 4.78 is 26.9. The van der Waals surface area contributed by atoms with Crippen LogP contribution in [0, 0.1) is 11.6 Å². The zero-order chi connectivity index (χ0) is 18.8. The van der Waals surface area contributed by atoms with Crippen LogP contribution in [-0.4, -0.2) is 35.1 Å². The normalized spacial score (nSPS) is 16.5. The third-order valence-corrected chi connectivity index (χ3v) is 4.52. The molecule has 8 heteroatoms. The second-order valence-corrected chi connectivity index (χ2v) is 6.37. The van der Waals surface area contributed by atoms with E-state index in [1.807, 2.05) is 4.90 Å². The summed E-state index contributed by atoms with van der Waals surface area (Å²) in [4.78, 5) is 22.5. The smallest absolute Gasteiger partial charge is 0.319 e. The van der Waals surface area contributed by atoms with Crippen molar-refractivity contribution in [1.82, 2.24) is 15.3 Å². The number of fused-ring (bicyclic) bond motifs is 1. The van der Waals surface area contributed by atoms with Crippen molar-refractivity contribution in [2.45, 2.75) is 12.5 Å². The van der Waals surface area contributed by atoms with E-state index >= 15 is 0 Å². The molecule has 2 amide bonds. The van der Waals surface area contributed by atoms with E-state index < -0.39 is 0 Å². The summed E-state index contributed by atoms with van der Waals surface area (Å²) in [7, 11) is 0. The molecule has 27 heavy (non-hydrogen) atoms. The Labute approximate surface area is 154 Å². The third kappa shape index (κ3) is 3.64. The first-order chi connectivity index (χ1) is 13.1. The van der Waals surface area contributed by atoms with Gasteiger partial charge in [0.1, 0.15) is 29.3 Å². The Morgan fingerprint density at radius 1 is 1.11 bits per heavy atom. The number of nitrogens with zero attached hydrogens (tertiary/aromatic N) is 3. The average molecular weight is 369 g/mol. The summed E-state index contributed by atoms with van der Waals surface area (Å²) in [6.45, 7) is 1.24. The lowest BCUT2D eigenvalue weighted by Gasteiger charge is -2.19. The molecule has 1 unspecified atom stereocenters. The molecule has 6 nitrogen and oxygen atoms in total. The third-order valence-electron chi connectivity index (χ3n) is 4.52. The zero-order valence-corrected chi connectivity index (χ0v) is 14.3. The average Bonchev–Trinajstić information content (AvgIpc) is 3.12. The van der Waals surface area contributed by atoms with E-state index in [1.165, 1.54) is 36.7 Å². The summed E-state index contributed by atoms with van der Waals surface area (Å²) in [5, 5.41) is 6.22. The molecule has 138 valence electrons. The van der Waals surface area contributed by atoms with Crippen molar-refractivity contribution in [3.05, 3.63) is 60.4 Å². The Hall–Kier alpha value is -3.29. The molecule has 4 rings (SSSR count). The van der Waals surface area contributed by atoms with Crippen LogP contribution in [0.3, 0.4) is 0 Å². The summed E-state index contributed by atoms with van der Waals surface area (Å²) in [5.74, 6) is -0.0904. The number of urea groups is 1. The van der Waals surface area contributed by atoms with Crippen LogP contribution in [0.5, 0.6) is 0 Å². The van der Waals surface area contributed by atoms with Gasteiger partial charge in [-0.2, -0.15) is 0 Å². The molecular weight excluding hydrogens is 352 g/mol. The molecule has 0 radical (unpaired) electrons. The number of anilines is 2. The van der Waals surface area contributed by atoms with Crippen molar-refractivity contribution < 1.29 is 13.6 Å². The minimum Gasteiger partial charge on any atom is -0.354 e. The fraction of sp³-hybridized carbons (Fsp3) is 0.211. The zero-order valence-electron chi connectivity index (χ0n) is 14.3. The first-order valence-corrected chi connectivity index (χ1v) is 8.57. The molecular formula is C19H17F2N5O. The molecule has 2 aromatic carbocycles. The number of carbonyl (C=O) groups is 1. The number of para-hydroxylation sites is 1. The van der Waals surface area contributed by atoms with Crippen LogP contribution in [0.1, 0.15) is 6.42 Å². The molecule has 1 saturated heterocycles. The van der Waals surface area contributed by atoms with Crippen molar-refractivity contribution in [3.8, 4) is 0 Å². The van der Waals surface area contributed by atoms with Crippen molar-refractivity contribution in [1.29, 1.82) is 0 Å². The molecule has 0 saturated carbocycles. The molecule has 1 aliphatic rings. The van der Waals surface area contributed by atoms with Crippen LogP contribution in [0.15, 0.2) is 48.8 Å². The standard InChI is InChI=1S/C19H17F2N5O/c20-12-4-6-13(7-5-12)24-19(27)25-14-8-9-26(10-14)18-15-2-1-3-16(21)17(15)22-11-23-18/h1-7,11,14H,8-10H2,(H2,24,25,27). The number of hydrogen-bond donors (Lipinski definition) is 2. The molecule has 2 N–H and O–H groups in total. The number of rotatable bonds is 3. The van der Waals surface area contributed by atoms with Gasteiger partial charge in [0.25, 0.3) is 0 Å². The summed E-state index contributed by atoms with van der Waals surface area (Å²) in [6, 6.07) is 9.92. The van der Waals surface area contributed by atoms with Crippen LogP contribution in [-0.2, 0) is 0 Å². The van der Waals surface area contributed by atoms with E-state index in [0.717, 1.165) is 6.42 Å². The van der Waals surface area contributed by atoms with Gasteiger partial charge in [0, 0.05) is 30.2 Å². The van der Waals surface area contributed by atoms with Gasteiger partial charge in [-0.3, -0.25) is 0 Å². The lowest BCUT2D eigenvalue weighted by atomic mass is 10.2. The first-order valence-electron chi connectivity index (χ1n) is 8.57. The quantitative estimate of drug-likeness (QED) is 0.743. The van der Waals surface area contributed by atoms with E-state index in [4.69, 9.17) is 0 Å². The Morgan fingerprint density at radius 2 is 1.93 bits per heavy atom. The predicted molar refractivity (Wildman–Crippen MR) is 98.7 cm³/mol. The molecule has 0 spiro atoms. The number of amides is 2. The van der Waals surface area contributed by atoms with Gasteiger partial charge in [0.2, 0.25) is 0 Å². The molecule has 1 fully saturated rings. The van der Waals surface area contributed by atoms with Gasteiger partial charge in [0.15, 0.2) is 0 Å². The lowest BCUT2D eigenvalue weighted by molar-refractivity contribution is 0.249. The highest BCUT2D eigenvalue weighted by atomic mass is 19.1. The van der Waals surface area contributed by atoms with Gasteiger partial charge in [-0.25, -0.2) is 23.5 Å².